The molecule has 43 heavy (non-hydrogen) atoms. The fourth-order valence-electron chi connectivity index (χ4n) is 6.21. The molecule has 1 N–H and O–H groups in total. The van der Waals surface area contributed by atoms with Gasteiger partial charge in [0.25, 0.3) is 5.91 Å². The van der Waals surface area contributed by atoms with E-state index in [4.69, 9.17) is 9.47 Å². The van der Waals surface area contributed by atoms with Crippen LogP contribution in [0.3, 0.4) is 0 Å². The van der Waals surface area contributed by atoms with Gasteiger partial charge in [0.05, 0.1) is 12.2 Å². The van der Waals surface area contributed by atoms with Gasteiger partial charge >= 0.3 is 5.97 Å². The maximum Gasteiger partial charge on any atom is 0.337 e. The molecule has 0 bridgehead atoms. The Morgan fingerprint density at radius 2 is 1.51 bits per heavy atom. The molecule has 1 atom stereocenters. The van der Waals surface area contributed by atoms with Crippen LogP contribution in [0.1, 0.15) is 82.6 Å². The van der Waals surface area contributed by atoms with E-state index in [2.05, 4.69) is 0 Å². The third-order valence-corrected chi connectivity index (χ3v) is 8.20. The average Bonchev–Trinajstić information content (AvgIpc) is 3.40. The molecule has 0 aromatic heterocycles. The van der Waals surface area contributed by atoms with Crippen LogP contribution in [-0.4, -0.2) is 34.1 Å². The van der Waals surface area contributed by atoms with E-state index < -0.39 is 46.9 Å². The quantitative estimate of drug-likeness (QED) is 0.247. The number of carbonyl (C=O) groups is 2. The molecule has 0 saturated heterocycles. The van der Waals surface area contributed by atoms with E-state index in [1.54, 1.807) is 34.6 Å². The Labute approximate surface area is 247 Å². The summed E-state index contributed by atoms with van der Waals surface area (Å²) in [4.78, 5) is 27.5. The van der Waals surface area contributed by atoms with Gasteiger partial charge in [-0.15, -0.1) is 0 Å². The lowest BCUT2D eigenvalue weighted by Crippen LogP contribution is -2.29. The third-order valence-electron chi connectivity index (χ3n) is 8.20. The molecule has 5 rings (SSSR count). The van der Waals surface area contributed by atoms with Crippen LogP contribution in [0.25, 0.3) is 11.1 Å². The van der Waals surface area contributed by atoms with Crippen LogP contribution in [0.2, 0.25) is 0 Å². The number of carbonyl (C=O) groups excluding carboxylic acids is 1. The zero-order chi connectivity index (χ0) is 31.5. The zero-order valence-electron chi connectivity index (χ0n) is 24.9. The van der Waals surface area contributed by atoms with Crippen LogP contribution in [0.4, 0.5) is 17.6 Å². The van der Waals surface area contributed by atoms with E-state index >= 15 is 4.39 Å². The first-order valence-electron chi connectivity index (χ1n) is 14.0. The van der Waals surface area contributed by atoms with Crippen molar-refractivity contribution in [2.45, 2.75) is 79.2 Å². The van der Waals surface area contributed by atoms with Gasteiger partial charge in [-0.05, 0) is 112 Å². The Morgan fingerprint density at radius 3 is 2.09 bits per heavy atom. The molecule has 2 aliphatic heterocycles. The van der Waals surface area contributed by atoms with Crippen molar-refractivity contribution in [3.05, 3.63) is 86.0 Å². The smallest absolute Gasteiger partial charge is 0.337 e. The first-order chi connectivity index (χ1) is 20.1. The fourth-order valence-corrected chi connectivity index (χ4v) is 6.21. The van der Waals surface area contributed by atoms with Crippen molar-refractivity contribution in [1.82, 2.24) is 4.90 Å². The average molecular weight is 600 g/mol. The minimum atomic E-state index is -1.67. The Kier molecular flexibility index (Phi) is 7.79. The first-order valence-corrected chi connectivity index (χ1v) is 14.0. The lowest BCUT2D eigenvalue weighted by atomic mass is 9.81. The van der Waals surface area contributed by atoms with E-state index in [9.17, 15) is 27.9 Å². The largest absolute Gasteiger partial charge is 0.490 e. The second-order valence-corrected chi connectivity index (χ2v) is 12.2. The highest BCUT2D eigenvalue weighted by Gasteiger charge is 2.38. The highest BCUT2D eigenvalue weighted by atomic mass is 19.2. The molecular formula is C33H33F4NO5. The standard InChI is InChI=1S/C33H33F4NO5/c1-15-19-8-7-9-42-29(19)25(36)12-20(15)26-16(2)21-13-38(31(39)18-10-23(34)28(37)24(35)11-18)14-22(21)17(3)27(26)30(32(40)41)43-33(4,5)6/h10-12,30H,7-9,13-14H2,1-6H3,(H,40,41)/t30-/m0/s1. The highest BCUT2D eigenvalue weighted by Crippen LogP contribution is 2.47. The molecule has 228 valence electrons. The number of hydrogen-bond acceptors (Lipinski definition) is 4. The van der Waals surface area contributed by atoms with Crippen LogP contribution in [0.15, 0.2) is 18.2 Å². The second kappa shape index (κ2) is 11.0. The Morgan fingerprint density at radius 1 is 0.907 bits per heavy atom. The summed E-state index contributed by atoms with van der Waals surface area (Å²) >= 11 is 0. The molecule has 0 unspecified atom stereocenters. The van der Waals surface area contributed by atoms with Crippen LogP contribution >= 0.6 is 0 Å². The number of ether oxygens (including phenoxy) is 2. The van der Waals surface area contributed by atoms with Crippen LogP contribution in [0, 0.1) is 44.0 Å². The summed E-state index contributed by atoms with van der Waals surface area (Å²) in [6.07, 6.45) is -0.130. The van der Waals surface area contributed by atoms with Gasteiger partial charge in [0.1, 0.15) is 0 Å². The van der Waals surface area contributed by atoms with Gasteiger partial charge in [-0.1, -0.05) is 0 Å². The lowest BCUT2D eigenvalue weighted by molar-refractivity contribution is -0.160. The predicted molar refractivity (Wildman–Crippen MR) is 151 cm³/mol. The number of benzene rings is 3. The molecule has 2 aliphatic rings. The Bertz CT molecular complexity index is 1650. The van der Waals surface area contributed by atoms with E-state index in [1.165, 1.54) is 11.0 Å². The number of rotatable bonds is 5. The van der Waals surface area contributed by atoms with Crippen molar-refractivity contribution in [1.29, 1.82) is 0 Å². The van der Waals surface area contributed by atoms with Crippen molar-refractivity contribution in [3.63, 3.8) is 0 Å². The molecule has 3 aromatic rings. The SMILES string of the molecule is Cc1c(-c2c(C)c3c(c(C)c2[C@H](OC(C)(C)C)C(=O)O)CN(C(=O)c2cc(F)c(F)c(F)c2)C3)cc(F)c2c1CCCO2. The molecule has 6 nitrogen and oxygen atoms in total. The van der Waals surface area contributed by atoms with Crippen LogP contribution in [-0.2, 0) is 29.0 Å². The number of halogens is 4. The number of carboxylic acids is 1. The summed E-state index contributed by atoms with van der Waals surface area (Å²) in [5.41, 5.74) is 4.13. The molecule has 0 aliphatic carbocycles. The summed E-state index contributed by atoms with van der Waals surface area (Å²) in [5, 5.41) is 10.4. The van der Waals surface area contributed by atoms with Gasteiger partial charge in [0.2, 0.25) is 0 Å². The number of aliphatic carboxylic acids is 1. The molecule has 0 fully saturated rings. The molecule has 2 heterocycles. The molecule has 0 radical (unpaired) electrons. The maximum atomic E-state index is 15.5. The van der Waals surface area contributed by atoms with E-state index in [0.717, 1.165) is 5.56 Å². The molecular weight excluding hydrogens is 566 g/mol. The molecule has 0 spiro atoms. The van der Waals surface area contributed by atoms with Crippen molar-refractivity contribution in [2.24, 2.45) is 0 Å². The number of fused-ring (bicyclic) bond motifs is 2. The van der Waals surface area contributed by atoms with Crippen molar-refractivity contribution >= 4 is 11.9 Å². The monoisotopic (exact) mass is 599 g/mol. The zero-order valence-corrected chi connectivity index (χ0v) is 24.9. The van der Waals surface area contributed by atoms with Gasteiger partial charge in [0, 0.05) is 29.8 Å². The number of nitrogens with zero attached hydrogens (tertiary/aromatic N) is 1. The van der Waals surface area contributed by atoms with Gasteiger partial charge in [-0.3, -0.25) is 4.79 Å². The molecule has 3 aromatic carbocycles. The number of hydrogen-bond donors (Lipinski definition) is 1. The Hall–Kier alpha value is -3.92. The summed E-state index contributed by atoms with van der Waals surface area (Å²) in [6, 6.07) is 2.66. The van der Waals surface area contributed by atoms with Crippen molar-refractivity contribution < 1.29 is 41.7 Å². The summed E-state index contributed by atoms with van der Waals surface area (Å²) in [5.74, 6) is -6.94. The van der Waals surface area contributed by atoms with Gasteiger partial charge < -0.3 is 19.5 Å². The maximum absolute atomic E-state index is 15.5. The number of carboxylic acid groups (broad SMARTS) is 1. The van der Waals surface area contributed by atoms with Crippen molar-refractivity contribution in [2.75, 3.05) is 6.61 Å². The van der Waals surface area contributed by atoms with E-state index in [-0.39, 0.29) is 24.4 Å². The summed E-state index contributed by atoms with van der Waals surface area (Å²) < 4.78 is 68.7. The minimum absolute atomic E-state index is 0.0158. The predicted octanol–water partition coefficient (Wildman–Crippen LogP) is 7.26. The number of amides is 1. The van der Waals surface area contributed by atoms with Gasteiger partial charge in [-0.2, -0.15) is 0 Å². The lowest BCUT2D eigenvalue weighted by Gasteiger charge is -2.31. The van der Waals surface area contributed by atoms with Crippen molar-refractivity contribution in [3.8, 4) is 16.9 Å². The van der Waals surface area contributed by atoms with Gasteiger partial charge in [-0.25, -0.2) is 22.4 Å². The Balaban J connectivity index is 1.73. The second-order valence-electron chi connectivity index (χ2n) is 12.2. The third kappa shape index (κ3) is 5.37. The fraction of sp³-hybridized carbons (Fsp3) is 0.394. The van der Waals surface area contributed by atoms with Crippen LogP contribution in [0.5, 0.6) is 5.75 Å². The topological polar surface area (TPSA) is 76.1 Å². The van der Waals surface area contributed by atoms with Gasteiger partial charge in [0.15, 0.2) is 35.1 Å². The highest BCUT2D eigenvalue weighted by molar-refractivity contribution is 5.95. The molecule has 1 amide bonds. The van der Waals surface area contributed by atoms with E-state index in [1.807, 2.05) is 6.92 Å². The summed E-state index contributed by atoms with van der Waals surface area (Å²) in [6.45, 7) is 11.0. The minimum Gasteiger partial charge on any atom is -0.490 e. The van der Waals surface area contributed by atoms with E-state index in [0.29, 0.717) is 76.1 Å². The molecule has 0 saturated carbocycles. The normalized spacial score (nSPS) is 15.2. The van der Waals surface area contributed by atoms with Crippen LogP contribution < -0.4 is 4.74 Å². The first kappa shape index (κ1) is 30.5. The molecule has 10 heteroatoms. The summed E-state index contributed by atoms with van der Waals surface area (Å²) in [7, 11) is 0.